The molecule has 180 valence electrons. The fourth-order valence-corrected chi connectivity index (χ4v) is 3.36. The summed E-state index contributed by atoms with van der Waals surface area (Å²) < 4.78 is 44.4. The van der Waals surface area contributed by atoms with Gasteiger partial charge in [-0.2, -0.15) is 0 Å². The van der Waals surface area contributed by atoms with Crippen LogP contribution in [0.3, 0.4) is 0 Å². The van der Waals surface area contributed by atoms with E-state index in [1.54, 1.807) is 48.7 Å². The van der Waals surface area contributed by atoms with Gasteiger partial charge in [-0.25, -0.2) is 8.78 Å². The van der Waals surface area contributed by atoms with Crippen LogP contribution in [-0.4, -0.2) is 29.9 Å². The second-order valence-electron chi connectivity index (χ2n) is 7.61. The minimum atomic E-state index is -0.476. The quantitative estimate of drug-likeness (QED) is 0.363. The molecular formula is C26H23F2N3O4. The van der Waals surface area contributed by atoms with E-state index in [-0.39, 0.29) is 29.7 Å². The first-order valence-electron chi connectivity index (χ1n) is 10.7. The second kappa shape index (κ2) is 10.7. The van der Waals surface area contributed by atoms with E-state index >= 15 is 0 Å². The summed E-state index contributed by atoms with van der Waals surface area (Å²) >= 11 is 0. The van der Waals surface area contributed by atoms with Crippen LogP contribution in [-0.2, 0) is 13.2 Å². The number of carbonyl (C=O) groups excluding carboxylic acids is 1. The zero-order chi connectivity index (χ0) is 24.8. The minimum absolute atomic E-state index is 0.0800. The molecule has 7 nitrogen and oxygen atoms in total. The number of aromatic nitrogens is 2. The maximum atomic E-state index is 13.3. The normalized spacial score (nSPS) is 10.6. The van der Waals surface area contributed by atoms with Crippen molar-refractivity contribution in [2.45, 2.75) is 13.2 Å². The molecule has 0 saturated carbocycles. The van der Waals surface area contributed by atoms with Crippen molar-refractivity contribution in [2.75, 3.05) is 19.5 Å². The topological polar surface area (TPSA) is 74.6 Å². The number of halogens is 2. The first kappa shape index (κ1) is 23.7. The number of hydrogen-bond donors (Lipinski definition) is 1. The van der Waals surface area contributed by atoms with Crippen molar-refractivity contribution in [1.82, 2.24) is 9.78 Å². The Balaban J connectivity index is 1.61. The third-order valence-corrected chi connectivity index (χ3v) is 5.17. The number of carbonyl (C=O) groups is 1. The Bertz CT molecular complexity index is 1310. The fraction of sp³-hybridized carbons (Fsp3) is 0.154. The highest BCUT2D eigenvalue weighted by molar-refractivity contribution is 6.06. The summed E-state index contributed by atoms with van der Waals surface area (Å²) in [5.41, 5.74) is 2.09. The van der Waals surface area contributed by atoms with Crippen molar-refractivity contribution >= 4 is 11.6 Å². The number of amides is 1. The molecule has 3 aromatic carbocycles. The van der Waals surface area contributed by atoms with Gasteiger partial charge in [-0.05, 0) is 47.5 Å². The predicted octanol–water partition coefficient (Wildman–Crippen LogP) is 5.06. The number of benzene rings is 3. The summed E-state index contributed by atoms with van der Waals surface area (Å²) in [4.78, 5) is 13.2. The van der Waals surface area contributed by atoms with E-state index in [0.717, 1.165) is 5.56 Å². The highest BCUT2D eigenvalue weighted by Crippen LogP contribution is 2.30. The SMILES string of the molecule is COc1ccc(OC)c(NC(=O)c2cn(Cc3ccc(F)cc3)nc2OCc2ccc(F)cc2)c1. The van der Waals surface area contributed by atoms with Crippen LogP contribution < -0.4 is 19.5 Å². The first-order chi connectivity index (χ1) is 16.9. The fourth-order valence-electron chi connectivity index (χ4n) is 3.36. The third-order valence-electron chi connectivity index (χ3n) is 5.17. The average Bonchev–Trinajstić information content (AvgIpc) is 3.27. The molecule has 0 fully saturated rings. The first-order valence-corrected chi connectivity index (χ1v) is 10.7. The van der Waals surface area contributed by atoms with E-state index < -0.39 is 5.91 Å². The van der Waals surface area contributed by atoms with Crippen LogP contribution in [0.5, 0.6) is 17.4 Å². The minimum Gasteiger partial charge on any atom is -0.497 e. The monoisotopic (exact) mass is 479 g/mol. The largest absolute Gasteiger partial charge is 0.497 e. The number of ether oxygens (including phenoxy) is 3. The number of hydrogen-bond acceptors (Lipinski definition) is 5. The molecule has 0 radical (unpaired) electrons. The Kier molecular flexibility index (Phi) is 7.25. The van der Waals surface area contributed by atoms with Crippen LogP contribution in [0.25, 0.3) is 0 Å². The van der Waals surface area contributed by atoms with Gasteiger partial charge in [0.1, 0.15) is 35.3 Å². The van der Waals surface area contributed by atoms with Crippen molar-refractivity contribution in [2.24, 2.45) is 0 Å². The molecule has 0 aliphatic carbocycles. The van der Waals surface area contributed by atoms with Crippen molar-refractivity contribution in [3.05, 3.63) is 101 Å². The van der Waals surface area contributed by atoms with Gasteiger partial charge in [0.05, 0.1) is 26.5 Å². The van der Waals surface area contributed by atoms with Crippen molar-refractivity contribution in [1.29, 1.82) is 0 Å². The molecule has 0 aliphatic heterocycles. The summed E-state index contributed by atoms with van der Waals surface area (Å²) in [5.74, 6) is -0.0891. The van der Waals surface area contributed by atoms with Gasteiger partial charge in [0.15, 0.2) is 0 Å². The molecule has 4 rings (SSSR count). The van der Waals surface area contributed by atoms with E-state index in [1.165, 1.54) is 43.2 Å². The van der Waals surface area contributed by atoms with E-state index in [0.29, 0.717) is 29.3 Å². The lowest BCUT2D eigenvalue weighted by atomic mass is 10.2. The van der Waals surface area contributed by atoms with E-state index in [4.69, 9.17) is 14.2 Å². The highest BCUT2D eigenvalue weighted by Gasteiger charge is 2.20. The Morgan fingerprint density at radius 3 is 2.20 bits per heavy atom. The van der Waals surface area contributed by atoms with Crippen LogP contribution in [0.15, 0.2) is 72.9 Å². The summed E-state index contributed by atoms with van der Waals surface area (Å²) in [6.07, 6.45) is 1.55. The molecule has 1 aromatic heterocycles. The van der Waals surface area contributed by atoms with Gasteiger partial charge >= 0.3 is 0 Å². The summed E-state index contributed by atoms with van der Waals surface area (Å²) in [6, 6.07) is 16.8. The predicted molar refractivity (Wildman–Crippen MR) is 126 cm³/mol. The summed E-state index contributed by atoms with van der Waals surface area (Å²) in [6.45, 7) is 0.375. The molecule has 9 heteroatoms. The van der Waals surface area contributed by atoms with Crippen LogP contribution in [0.2, 0.25) is 0 Å². The number of anilines is 1. The van der Waals surface area contributed by atoms with Gasteiger partial charge in [-0.1, -0.05) is 24.3 Å². The molecule has 4 aromatic rings. The highest BCUT2D eigenvalue weighted by atomic mass is 19.1. The molecule has 0 atom stereocenters. The van der Waals surface area contributed by atoms with Crippen molar-refractivity contribution in [3.63, 3.8) is 0 Å². The van der Waals surface area contributed by atoms with Gasteiger partial charge in [-0.15, -0.1) is 5.10 Å². The average molecular weight is 479 g/mol. The van der Waals surface area contributed by atoms with Crippen LogP contribution in [0, 0.1) is 11.6 Å². The van der Waals surface area contributed by atoms with E-state index in [1.807, 2.05) is 0 Å². The van der Waals surface area contributed by atoms with Gasteiger partial charge in [0, 0.05) is 12.3 Å². The molecule has 0 saturated heterocycles. The summed E-state index contributed by atoms with van der Waals surface area (Å²) in [7, 11) is 3.02. The Morgan fingerprint density at radius 2 is 1.57 bits per heavy atom. The molecular weight excluding hydrogens is 456 g/mol. The molecule has 0 bridgehead atoms. The summed E-state index contributed by atoms with van der Waals surface area (Å²) in [5, 5.41) is 7.22. The lowest BCUT2D eigenvalue weighted by Crippen LogP contribution is -2.13. The molecule has 1 amide bonds. The van der Waals surface area contributed by atoms with Crippen LogP contribution in [0.1, 0.15) is 21.5 Å². The third kappa shape index (κ3) is 5.94. The molecule has 0 aliphatic rings. The zero-order valence-corrected chi connectivity index (χ0v) is 19.1. The van der Waals surface area contributed by atoms with Gasteiger partial charge in [0.2, 0.25) is 5.88 Å². The Hall–Kier alpha value is -4.40. The standard InChI is InChI=1S/C26H23F2N3O4/c1-33-21-11-12-24(34-2)23(13-21)29-25(32)22-15-31(14-17-3-7-19(27)8-4-17)30-26(22)35-16-18-5-9-20(28)10-6-18/h3-13,15H,14,16H2,1-2H3,(H,29,32). The molecule has 0 unspecified atom stereocenters. The van der Waals surface area contributed by atoms with Crippen molar-refractivity contribution < 1.29 is 27.8 Å². The molecule has 1 N–H and O–H groups in total. The van der Waals surface area contributed by atoms with E-state index in [2.05, 4.69) is 10.4 Å². The lowest BCUT2D eigenvalue weighted by Gasteiger charge is -2.12. The van der Waals surface area contributed by atoms with E-state index in [9.17, 15) is 13.6 Å². The zero-order valence-electron chi connectivity index (χ0n) is 19.1. The number of rotatable bonds is 9. The number of nitrogens with one attached hydrogen (secondary N) is 1. The van der Waals surface area contributed by atoms with Crippen molar-refractivity contribution in [3.8, 4) is 17.4 Å². The van der Waals surface area contributed by atoms with Gasteiger partial charge < -0.3 is 19.5 Å². The van der Waals surface area contributed by atoms with Gasteiger partial charge in [-0.3, -0.25) is 9.48 Å². The number of methoxy groups -OCH3 is 2. The molecule has 1 heterocycles. The smallest absolute Gasteiger partial charge is 0.262 e. The lowest BCUT2D eigenvalue weighted by molar-refractivity contribution is 0.102. The maximum absolute atomic E-state index is 13.3. The Morgan fingerprint density at radius 1 is 0.914 bits per heavy atom. The van der Waals surface area contributed by atoms with Gasteiger partial charge in [0.25, 0.3) is 5.91 Å². The van der Waals surface area contributed by atoms with Crippen LogP contribution in [0.4, 0.5) is 14.5 Å². The maximum Gasteiger partial charge on any atom is 0.262 e. The molecule has 0 spiro atoms. The second-order valence-corrected chi connectivity index (χ2v) is 7.61. The Labute approximate surface area is 200 Å². The number of nitrogens with zero attached hydrogens (tertiary/aromatic N) is 2. The van der Waals surface area contributed by atoms with Crippen LogP contribution >= 0.6 is 0 Å². The molecule has 35 heavy (non-hydrogen) atoms.